The molecule has 3 unspecified atom stereocenters. The van der Waals surface area contributed by atoms with Crippen LogP contribution in [0.5, 0.6) is 5.75 Å². The lowest BCUT2D eigenvalue weighted by Crippen LogP contribution is -2.45. The van der Waals surface area contributed by atoms with Crippen molar-refractivity contribution in [1.29, 1.82) is 0 Å². The standard InChI is InChI=1S/C15H18N2O5/c18-14-10(3-1-5-12(14)17(20)21)15(19)16-11-4-2-6-13-9(11)7-8-22-13/h1,3,5,9,11,13,18H,2,4,6-8H2,(H,16,19). The molecule has 1 amide bonds. The van der Waals surface area contributed by atoms with Gasteiger partial charge in [-0.1, -0.05) is 6.07 Å². The number of hydrogen-bond acceptors (Lipinski definition) is 5. The van der Waals surface area contributed by atoms with Gasteiger partial charge >= 0.3 is 5.69 Å². The Morgan fingerprint density at radius 1 is 1.36 bits per heavy atom. The molecule has 2 fully saturated rings. The van der Waals surface area contributed by atoms with E-state index in [2.05, 4.69) is 5.32 Å². The second kappa shape index (κ2) is 5.92. The van der Waals surface area contributed by atoms with Crippen LogP contribution < -0.4 is 5.32 Å². The Morgan fingerprint density at radius 2 is 2.18 bits per heavy atom. The molecule has 0 bridgehead atoms. The Kier molecular flexibility index (Phi) is 3.98. The highest BCUT2D eigenvalue weighted by atomic mass is 16.6. The molecule has 0 spiro atoms. The summed E-state index contributed by atoms with van der Waals surface area (Å²) in [5, 5.41) is 23.7. The first-order valence-corrected chi connectivity index (χ1v) is 7.46. The summed E-state index contributed by atoms with van der Waals surface area (Å²) in [6, 6.07) is 3.96. The van der Waals surface area contributed by atoms with Gasteiger partial charge in [-0.3, -0.25) is 14.9 Å². The van der Waals surface area contributed by atoms with E-state index >= 15 is 0 Å². The Hall–Kier alpha value is -2.15. The normalized spacial score (nSPS) is 27.2. The van der Waals surface area contributed by atoms with E-state index in [1.807, 2.05) is 0 Å². The highest BCUT2D eigenvalue weighted by molar-refractivity contribution is 5.98. The highest BCUT2D eigenvalue weighted by Crippen LogP contribution is 2.35. The maximum Gasteiger partial charge on any atom is 0.311 e. The number of aromatic hydroxyl groups is 1. The molecule has 3 atom stereocenters. The third-order valence-electron chi connectivity index (χ3n) is 4.55. The van der Waals surface area contributed by atoms with Crippen molar-refractivity contribution in [3.8, 4) is 5.75 Å². The Bertz CT molecular complexity index is 604. The second-order valence-corrected chi connectivity index (χ2v) is 5.80. The molecule has 3 rings (SSSR count). The number of phenolic OH excluding ortho intramolecular Hbond substituents is 1. The first-order chi connectivity index (χ1) is 10.6. The summed E-state index contributed by atoms with van der Waals surface area (Å²) in [5.41, 5.74) is -0.520. The van der Waals surface area contributed by atoms with Gasteiger partial charge in [0.2, 0.25) is 5.75 Å². The van der Waals surface area contributed by atoms with Gasteiger partial charge in [-0.2, -0.15) is 0 Å². The van der Waals surface area contributed by atoms with Crippen LogP contribution in [0.1, 0.15) is 36.0 Å². The first-order valence-electron chi connectivity index (χ1n) is 7.46. The van der Waals surface area contributed by atoms with Gasteiger partial charge in [0, 0.05) is 24.6 Å². The molecule has 1 aromatic carbocycles. The van der Waals surface area contributed by atoms with Crippen molar-refractivity contribution in [2.45, 2.75) is 37.8 Å². The molecule has 7 heteroatoms. The summed E-state index contributed by atoms with van der Waals surface area (Å²) in [7, 11) is 0. The minimum atomic E-state index is -0.701. The third kappa shape index (κ3) is 2.64. The predicted octanol–water partition coefficient (Wildman–Crippen LogP) is 1.99. The zero-order chi connectivity index (χ0) is 15.7. The first kappa shape index (κ1) is 14.8. The Labute approximate surface area is 127 Å². The number of para-hydroxylation sites is 1. The molecular formula is C15H18N2O5. The van der Waals surface area contributed by atoms with Gasteiger partial charge in [-0.25, -0.2) is 0 Å². The molecule has 22 heavy (non-hydrogen) atoms. The van der Waals surface area contributed by atoms with Crippen molar-refractivity contribution in [1.82, 2.24) is 5.32 Å². The molecule has 2 N–H and O–H groups in total. The number of carbonyl (C=O) groups is 1. The van der Waals surface area contributed by atoms with Crippen molar-refractivity contribution < 1.29 is 19.6 Å². The molecule has 118 valence electrons. The lowest BCUT2D eigenvalue weighted by atomic mass is 9.81. The number of rotatable bonds is 3. The van der Waals surface area contributed by atoms with Crippen LogP contribution in [0.4, 0.5) is 5.69 Å². The summed E-state index contributed by atoms with van der Waals surface area (Å²) in [4.78, 5) is 22.5. The smallest absolute Gasteiger partial charge is 0.311 e. The van der Waals surface area contributed by atoms with E-state index in [-0.39, 0.29) is 17.7 Å². The average molecular weight is 306 g/mol. The minimum absolute atomic E-state index is 0.00703. The number of phenols is 1. The fraction of sp³-hybridized carbons (Fsp3) is 0.533. The van der Waals surface area contributed by atoms with Crippen molar-refractivity contribution in [2.75, 3.05) is 6.61 Å². The van der Waals surface area contributed by atoms with Gasteiger partial charge in [-0.05, 0) is 31.7 Å². The number of nitro benzene ring substituents is 1. The van der Waals surface area contributed by atoms with Crippen molar-refractivity contribution in [3.05, 3.63) is 33.9 Å². The van der Waals surface area contributed by atoms with Crippen LogP contribution in [-0.2, 0) is 4.74 Å². The van der Waals surface area contributed by atoms with Crippen LogP contribution in [-0.4, -0.2) is 34.7 Å². The zero-order valence-electron chi connectivity index (χ0n) is 12.0. The van der Waals surface area contributed by atoms with E-state index in [1.54, 1.807) is 0 Å². The van der Waals surface area contributed by atoms with Crippen molar-refractivity contribution in [2.24, 2.45) is 5.92 Å². The van der Waals surface area contributed by atoms with Crippen molar-refractivity contribution >= 4 is 11.6 Å². The number of ether oxygens (including phenoxy) is 1. The van der Waals surface area contributed by atoms with Crippen LogP contribution in [0.15, 0.2) is 18.2 Å². The number of carbonyl (C=O) groups excluding carboxylic acids is 1. The summed E-state index contributed by atoms with van der Waals surface area (Å²) in [6.07, 6.45) is 3.96. The number of nitrogens with zero attached hydrogens (tertiary/aromatic N) is 1. The maximum absolute atomic E-state index is 12.4. The number of benzene rings is 1. The summed E-state index contributed by atoms with van der Waals surface area (Å²) >= 11 is 0. The van der Waals surface area contributed by atoms with Gasteiger partial charge in [0.1, 0.15) is 0 Å². The fourth-order valence-electron chi connectivity index (χ4n) is 3.46. The molecule has 0 radical (unpaired) electrons. The largest absolute Gasteiger partial charge is 0.502 e. The van der Waals surface area contributed by atoms with Gasteiger partial charge in [-0.15, -0.1) is 0 Å². The SMILES string of the molecule is O=C(NC1CCCC2OCCC12)c1cccc([N+](=O)[O-])c1O. The van der Waals surface area contributed by atoms with Crippen LogP contribution in [0, 0.1) is 16.0 Å². The summed E-state index contributed by atoms with van der Waals surface area (Å²) < 4.78 is 5.66. The molecule has 1 saturated heterocycles. The van der Waals surface area contributed by atoms with Crippen LogP contribution >= 0.6 is 0 Å². The van der Waals surface area contributed by atoms with Crippen LogP contribution in [0.2, 0.25) is 0 Å². The molecule has 7 nitrogen and oxygen atoms in total. The maximum atomic E-state index is 12.4. The topological polar surface area (TPSA) is 102 Å². The molecule has 0 aromatic heterocycles. The monoisotopic (exact) mass is 306 g/mol. The fourth-order valence-corrected chi connectivity index (χ4v) is 3.46. The van der Waals surface area contributed by atoms with Crippen molar-refractivity contribution in [3.63, 3.8) is 0 Å². The molecule has 1 aliphatic heterocycles. The van der Waals surface area contributed by atoms with E-state index in [0.717, 1.165) is 25.7 Å². The number of amides is 1. The molecule has 2 aliphatic rings. The highest BCUT2D eigenvalue weighted by Gasteiger charge is 2.38. The minimum Gasteiger partial charge on any atom is -0.502 e. The summed E-state index contributed by atoms with van der Waals surface area (Å²) in [6.45, 7) is 0.712. The zero-order valence-corrected chi connectivity index (χ0v) is 12.0. The van der Waals surface area contributed by atoms with Gasteiger partial charge < -0.3 is 15.2 Å². The lowest BCUT2D eigenvalue weighted by Gasteiger charge is -2.33. The van der Waals surface area contributed by atoms with E-state index in [9.17, 15) is 20.0 Å². The molecule has 1 saturated carbocycles. The lowest BCUT2D eigenvalue weighted by molar-refractivity contribution is -0.385. The number of nitrogens with one attached hydrogen (secondary N) is 1. The predicted molar refractivity (Wildman–Crippen MR) is 77.7 cm³/mol. The molecule has 1 aliphatic carbocycles. The number of nitro groups is 1. The molecule has 1 heterocycles. The average Bonchev–Trinajstić information content (AvgIpc) is 2.96. The summed E-state index contributed by atoms with van der Waals surface area (Å²) in [5.74, 6) is -0.766. The van der Waals surface area contributed by atoms with E-state index in [4.69, 9.17) is 4.74 Å². The van der Waals surface area contributed by atoms with E-state index in [0.29, 0.717) is 12.5 Å². The number of fused-ring (bicyclic) bond motifs is 1. The second-order valence-electron chi connectivity index (χ2n) is 5.80. The number of hydrogen-bond donors (Lipinski definition) is 2. The van der Waals surface area contributed by atoms with E-state index < -0.39 is 22.3 Å². The quantitative estimate of drug-likeness (QED) is 0.657. The Balaban J connectivity index is 1.77. The van der Waals surface area contributed by atoms with Gasteiger partial charge in [0.15, 0.2) is 0 Å². The van der Waals surface area contributed by atoms with Crippen LogP contribution in [0.3, 0.4) is 0 Å². The molecule has 1 aromatic rings. The van der Waals surface area contributed by atoms with E-state index in [1.165, 1.54) is 18.2 Å². The third-order valence-corrected chi connectivity index (χ3v) is 4.55. The van der Waals surface area contributed by atoms with Gasteiger partial charge in [0.05, 0.1) is 16.6 Å². The van der Waals surface area contributed by atoms with Crippen LogP contribution in [0.25, 0.3) is 0 Å². The van der Waals surface area contributed by atoms with Gasteiger partial charge in [0.25, 0.3) is 5.91 Å². The Morgan fingerprint density at radius 3 is 2.95 bits per heavy atom. The molecular weight excluding hydrogens is 288 g/mol.